The van der Waals surface area contributed by atoms with Gasteiger partial charge < -0.3 is 25.0 Å². The number of nitrogens with zero attached hydrogens (tertiary/aromatic N) is 2. The highest BCUT2D eigenvalue weighted by molar-refractivity contribution is 7.91. The molecule has 6 aliphatic rings. The Balaban J connectivity index is 1.13. The van der Waals surface area contributed by atoms with Gasteiger partial charge in [0.05, 0.1) is 11.8 Å². The van der Waals surface area contributed by atoms with Crippen LogP contribution >= 0.6 is 0 Å². The number of allylic oxidation sites excluding steroid dienone is 1. The van der Waals surface area contributed by atoms with E-state index in [9.17, 15) is 27.6 Å². The molecule has 53 heavy (non-hydrogen) atoms. The maximum Gasteiger partial charge on any atom is 0.408 e. The van der Waals surface area contributed by atoms with Gasteiger partial charge >= 0.3 is 6.09 Å². The van der Waals surface area contributed by atoms with Gasteiger partial charge in [-0.15, -0.1) is 6.58 Å². The normalized spacial score (nSPS) is 32.5. The SMILES string of the molecule is C=C[C@@H]1CC1(NC(=O)[C@@H]1C[C@@H]2CN1C(=O)[C@H](C1CCCC1)NC(=O)O[C@H]1CCC[C@@H]1C/C=C/c1ccc3ccnc(c3c1)O2)C(=O)NS(=O)(=O)C1CC1. The van der Waals surface area contributed by atoms with Crippen molar-refractivity contribution in [1.82, 2.24) is 25.2 Å². The molecule has 1 aromatic carbocycles. The predicted molar refractivity (Wildman–Crippen MR) is 196 cm³/mol. The molecule has 7 atom stereocenters. The number of fused-ring (bicyclic) bond motifs is 4. The van der Waals surface area contributed by atoms with Crippen LogP contribution in [0.15, 0.2) is 49.2 Å². The first-order valence-electron chi connectivity index (χ1n) is 19.0. The molecule has 8 rings (SSSR count). The number of pyridine rings is 1. The standard InChI is InChI=1S/C39H47N5O8S/c1-2-27-21-39(27,37(47)43-53(49,50)29-15-16-29)42-34(45)31-20-28-22-44(31)36(46)33(26-8-3-4-9-26)41-38(48)52-32-12-6-11-25(32)10-5-7-23-13-14-24-17-18-40-35(51-28)30(24)19-23/h2,5,7,13-14,17-19,25-29,31-33H,1,3-4,6,8-12,15-16,20-22H2,(H,41,48)(H,42,45)(H,43,47)/b7-5+/t25-,27+,28+,31-,32-,33-,39?/m0/s1. The molecule has 282 valence electrons. The number of rotatable bonds is 7. The lowest BCUT2D eigenvalue weighted by Gasteiger charge is -2.32. The Kier molecular flexibility index (Phi) is 9.44. The molecule has 1 aromatic heterocycles. The Morgan fingerprint density at radius 2 is 1.81 bits per heavy atom. The summed E-state index contributed by atoms with van der Waals surface area (Å²) in [7, 11) is -3.88. The Morgan fingerprint density at radius 3 is 2.57 bits per heavy atom. The number of amides is 4. The number of benzene rings is 1. The van der Waals surface area contributed by atoms with E-state index in [1.54, 1.807) is 6.20 Å². The van der Waals surface area contributed by atoms with Gasteiger partial charge in [0.25, 0.3) is 5.91 Å². The molecule has 1 saturated heterocycles. The van der Waals surface area contributed by atoms with Gasteiger partial charge in [-0.2, -0.15) is 0 Å². The number of hydrogen-bond acceptors (Lipinski definition) is 9. The van der Waals surface area contributed by atoms with E-state index in [0.717, 1.165) is 67.7 Å². The van der Waals surface area contributed by atoms with Crippen LogP contribution in [0.5, 0.6) is 5.88 Å². The highest BCUT2D eigenvalue weighted by Gasteiger charge is 2.62. The monoisotopic (exact) mass is 745 g/mol. The zero-order chi connectivity index (χ0) is 36.9. The Hall–Kier alpha value is -4.46. The third kappa shape index (κ3) is 7.14. The number of sulfonamides is 1. The van der Waals surface area contributed by atoms with E-state index in [-0.39, 0.29) is 37.3 Å². The molecule has 5 fully saturated rings. The average molecular weight is 746 g/mol. The zero-order valence-electron chi connectivity index (χ0n) is 29.7. The third-order valence-electron chi connectivity index (χ3n) is 12.1. The fraction of sp³-hybridized carbons (Fsp3) is 0.564. The van der Waals surface area contributed by atoms with Crippen LogP contribution in [-0.2, 0) is 29.1 Å². The number of ether oxygens (including phenoxy) is 2. The van der Waals surface area contributed by atoms with Crippen molar-refractivity contribution < 1.29 is 37.1 Å². The lowest BCUT2D eigenvalue weighted by Crippen LogP contribution is -2.59. The van der Waals surface area contributed by atoms with E-state index in [0.29, 0.717) is 18.7 Å². The molecule has 1 unspecified atom stereocenters. The van der Waals surface area contributed by atoms with Crippen LogP contribution in [0.4, 0.5) is 4.79 Å². The van der Waals surface area contributed by atoms with Gasteiger partial charge in [-0.1, -0.05) is 43.2 Å². The van der Waals surface area contributed by atoms with E-state index in [4.69, 9.17) is 9.47 Å². The lowest BCUT2D eigenvalue weighted by atomic mass is 9.96. The molecule has 4 aliphatic carbocycles. The van der Waals surface area contributed by atoms with Crippen molar-refractivity contribution in [2.75, 3.05) is 6.54 Å². The van der Waals surface area contributed by atoms with E-state index in [1.807, 2.05) is 24.3 Å². The minimum Gasteiger partial charge on any atom is -0.472 e. The van der Waals surface area contributed by atoms with Crippen LogP contribution in [0, 0.1) is 17.8 Å². The summed E-state index contributed by atoms with van der Waals surface area (Å²) in [6.45, 7) is 3.83. The van der Waals surface area contributed by atoms with Crippen molar-refractivity contribution in [2.24, 2.45) is 17.8 Å². The molecule has 2 aliphatic heterocycles. The van der Waals surface area contributed by atoms with Gasteiger partial charge in [0.15, 0.2) is 0 Å². The second kappa shape index (κ2) is 14.1. The first kappa shape index (κ1) is 35.6. The number of carbonyl (C=O) groups is 4. The van der Waals surface area contributed by atoms with Crippen LogP contribution in [-0.4, -0.2) is 83.7 Å². The topological polar surface area (TPSA) is 173 Å². The Labute approximate surface area is 309 Å². The maximum absolute atomic E-state index is 14.7. The summed E-state index contributed by atoms with van der Waals surface area (Å²) in [6, 6.07) is 5.91. The van der Waals surface area contributed by atoms with Crippen molar-refractivity contribution >= 4 is 50.7 Å². The fourth-order valence-corrected chi connectivity index (χ4v) is 10.2. The van der Waals surface area contributed by atoms with Crippen LogP contribution in [0.2, 0.25) is 0 Å². The Morgan fingerprint density at radius 1 is 1.02 bits per heavy atom. The largest absolute Gasteiger partial charge is 0.472 e. The summed E-state index contributed by atoms with van der Waals surface area (Å²) in [6.07, 6.45) is 13.6. The summed E-state index contributed by atoms with van der Waals surface area (Å²) < 4.78 is 40.2. The summed E-state index contributed by atoms with van der Waals surface area (Å²) >= 11 is 0. The molecule has 3 heterocycles. The number of aromatic nitrogens is 1. The number of alkyl carbamates (subject to hydrolysis) is 1. The van der Waals surface area contributed by atoms with Crippen LogP contribution in [0.1, 0.15) is 82.6 Å². The van der Waals surface area contributed by atoms with Crippen molar-refractivity contribution in [3.8, 4) is 5.88 Å². The van der Waals surface area contributed by atoms with Crippen molar-refractivity contribution in [3.63, 3.8) is 0 Å². The Bertz CT molecular complexity index is 1960. The van der Waals surface area contributed by atoms with Gasteiger partial charge in [0, 0.05) is 23.9 Å². The zero-order valence-corrected chi connectivity index (χ0v) is 30.5. The second-order valence-electron chi connectivity index (χ2n) is 15.7. The molecule has 0 spiro atoms. The third-order valence-corrected chi connectivity index (χ3v) is 14.0. The minimum atomic E-state index is -3.88. The van der Waals surface area contributed by atoms with Crippen LogP contribution < -0.4 is 20.1 Å². The minimum absolute atomic E-state index is 0.0272. The number of hydrogen-bond donors (Lipinski definition) is 3. The molecule has 4 saturated carbocycles. The second-order valence-corrected chi connectivity index (χ2v) is 17.7. The molecule has 13 nitrogen and oxygen atoms in total. The summed E-state index contributed by atoms with van der Waals surface area (Å²) in [5, 5.41) is 6.86. The van der Waals surface area contributed by atoms with Crippen molar-refractivity contribution in [3.05, 3.63) is 54.8 Å². The molecular weight excluding hydrogens is 699 g/mol. The fourth-order valence-electron chi connectivity index (χ4n) is 8.86. The van der Waals surface area contributed by atoms with Crippen LogP contribution in [0.25, 0.3) is 16.8 Å². The van der Waals surface area contributed by atoms with E-state index in [1.165, 1.54) is 11.0 Å². The summed E-state index contributed by atoms with van der Waals surface area (Å²) in [4.78, 5) is 62.2. The van der Waals surface area contributed by atoms with Gasteiger partial charge in [-0.05, 0) is 92.7 Å². The van der Waals surface area contributed by atoms with E-state index < -0.39 is 68.7 Å². The van der Waals surface area contributed by atoms with Gasteiger partial charge in [0.2, 0.25) is 27.7 Å². The highest BCUT2D eigenvalue weighted by atomic mass is 32.2. The predicted octanol–water partition coefficient (Wildman–Crippen LogP) is 4.12. The van der Waals surface area contributed by atoms with E-state index in [2.05, 4.69) is 39.1 Å². The molecule has 4 amide bonds. The highest BCUT2D eigenvalue weighted by Crippen LogP contribution is 2.46. The van der Waals surface area contributed by atoms with E-state index >= 15 is 0 Å². The average Bonchev–Trinajstić information content (AvgIpc) is 3.93. The van der Waals surface area contributed by atoms with Crippen molar-refractivity contribution in [1.29, 1.82) is 0 Å². The molecule has 4 bridgehead atoms. The van der Waals surface area contributed by atoms with Gasteiger partial charge in [0.1, 0.15) is 29.8 Å². The van der Waals surface area contributed by atoms with Gasteiger partial charge in [-0.3, -0.25) is 19.1 Å². The number of nitrogens with one attached hydrogen (secondary N) is 3. The molecule has 2 aromatic rings. The molecule has 3 N–H and O–H groups in total. The summed E-state index contributed by atoms with van der Waals surface area (Å²) in [5.41, 5.74) is -0.565. The molecule has 14 heteroatoms. The van der Waals surface area contributed by atoms with Crippen LogP contribution in [0.3, 0.4) is 0 Å². The first-order valence-corrected chi connectivity index (χ1v) is 20.6. The lowest BCUT2D eigenvalue weighted by molar-refractivity contribution is -0.142. The smallest absolute Gasteiger partial charge is 0.408 e. The molecule has 0 radical (unpaired) electrons. The van der Waals surface area contributed by atoms with Gasteiger partial charge in [-0.25, -0.2) is 18.2 Å². The summed E-state index contributed by atoms with van der Waals surface area (Å²) in [5.74, 6) is -1.97. The quantitative estimate of drug-likeness (QED) is 0.353. The molecular formula is C39H47N5O8S. The van der Waals surface area contributed by atoms with Crippen molar-refractivity contribution in [2.45, 2.75) is 112 Å². The maximum atomic E-state index is 14.7. The number of carbonyl (C=O) groups excluding carboxylic acids is 4. The first-order chi connectivity index (χ1) is 25.5.